The van der Waals surface area contributed by atoms with Crippen molar-refractivity contribution < 1.29 is 5.11 Å². The van der Waals surface area contributed by atoms with Crippen LogP contribution in [0.1, 0.15) is 25.7 Å². The molecule has 4 nitrogen and oxygen atoms in total. The quantitative estimate of drug-likeness (QED) is 0.631. The Morgan fingerprint density at radius 2 is 1.94 bits per heavy atom. The summed E-state index contributed by atoms with van der Waals surface area (Å²) in [5.41, 5.74) is 0.0530. The molecular formula is C13H22N2O2. The van der Waals surface area contributed by atoms with E-state index in [0.29, 0.717) is 6.61 Å². The van der Waals surface area contributed by atoms with Gasteiger partial charge in [0, 0.05) is 32.0 Å². The summed E-state index contributed by atoms with van der Waals surface area (Å²) in [7, 11) is 0. The lowest BCUT2D eigenvalue weighted by atomic mass is 10.2. The standard InChI is InChI=1S/C13H22N2O2/c16-12-6-2-1-4-8-14-9-11-15-10-5-3-7-13(15)17/h3,5,7,10,14,16H,1-2,4,6,8-9,11-12H2. The van der Waals surface area contributed by atoms with E-state index in [1.54, 1.807) is 16.7 Å². The fourth-order valence-electron chi connectivity index (χ4n) is 1.69. The SMILES string of the molecule is O=c1ccccn1CCNCCCCCCO. The van der Waals surface area contributed by atoms with E-state index in [-0.39, 0.29) is 5.56 Å². The van der Waals surface area contributed by atoms with Gasteiger partial charge in [0.1, 0.15) is 0 Å². The molecule has 0 aliphatic carbocycles. The Labute approximate surface area is 102 Å². The Balaban J connectivity index is 2.01. The van der Waals surface area contributed by atoms with E-state index in [2.05, 4.69) is 5.32 Å². The van der Waals surface area contributed by atoms with Gasteiger partial charge in [0.2, 0.25) is 0 Å². The third-order valence-corrected chi connectivity index (χ3v) is 2.69. The van der Waals surface area contributed by atoms with Gasteiger partial charge in [0.25, 0.3) is 5.56 Å². The van der Waals surface area contributed by atoms with Gasteiger partial charge in [-0.15, -0.1) is 0 Å². The first-order valence-electron chi connectivity index (χ1n) is 6.31. The van der Waals surface area contributed by atoms with Crippen molar-refractivity contribution in [3.63, 3.8) is 0 Å². The Morgan fingerprint density at radius 1 is 1.12 bits per heavy atom. The topological polar surface area (TPSA) is 54.3 Å². The molecule has 0 radical (unpaired) electrons. The van der Waals surface area contributed by atoms with Crippen molar-refractivity contribution in [2.75, 3.05) is 19.7 Å². The third kappa shape index (κ3) is 6.24. The zero-order valence-electron chi connectivity index (χ0n) is 10.3. The largest absolute Gasteiger partial charge is 0.396 e. The van der Waals surface area contributed by atoms with Gasteiger partial charge in [-0.1, -0.05) is 18.9 Å². The highest BCUT2D eigenvalue weighted by Gasteiger charge is 1.93. The van der Waals surface area contributed by atoms with Crippen molar-refractivity contribution in [1.82, 2.24) is 9.88 Å². The van der Waals surface area contributed by atoms with Gasteiger partial charge >= 0.3 is 0 Å². The lowest BCUT2D eigenvalue weighted by Crippen LogP contribution is -2.26. The van der Waals surface area contributed by atoms with Crippen LogP contribution in [0.2, 0.25) is 0 Å². The maximum absolute atomic E-state index is 11.4. The highest BCUT2D eigenvalue weighted by atomic mass is 16.2. The predicted molar refractivity (Wildman–Crippen MR) is 69.1 cm³/mol. The van der Waals surface area contributed by atoms with Crippen molar-refractivity contribution in [3.8, 4) is 0 Å². The lowest BCUT2D eigenvalue weighted by molar-refractivity contribution is 0.282. The smallest absolute Gasteiger partial charge is 0.250 e. The number of unbranched alkanes of at least 4 members (excludes halogenated alkanes) is 3. The number of pyridine rings is 1. The molecule has 4 heteroatoms. The fourth-order valence-corrected chi connectivity index (χ4v) is 1.69. The summed E-state index contributed by atoms with van der Waals surface area (Å²) in [6.45, 7) is 2.82. The van der Waals surface area contributed by atoms with Crippen LogP contribution in [0.15, 0.2) is 29.2 Å². The molecule has 0 saturated carbocycles. The van der Waals surface area contributed by atoms with Crippen molar-refractivity contribution in [2.45, 2.75) is 32.2 Å². The second-order valence-electron chi connectivity index (χ2n) is 4.12. The average molecular weight is 238 g/mol. The highest BCUT2D eigenvalue weighted by Crippen LogP contribution is 1.97. The van der Waals surface area contributed by atoms with E-state index >= 15 is 0 Å². The minimum atomic E-state index is 0.0530. The maximum atomic E-state index is 11.4. The van der Waals surface area contributed by atoms with Crippen LogP contribution >= 0.6 is 0 Å². The summed E-state index contributed by atoms with van der Waals surface area (Å²) in [5.74, 6) is 0. The normalized spacial score (nSPS) is 10.6. The molecule has 1 rings (SSSR count). The van der Waals surface area contributed by atoms with Crippen LogP contribution in [0.3, 0.4) is 0 Å². The van der Waals surface area contributed by atoms with Gasteiger partial charge in [-0.25, -0.2) is 0 Å². The molecule has 1 aromatic rings. The van der Waals surface area contributed by atoms with E-state index in [4.69, 9.17) is 5.11 Å². The number of aromatic nitrogens is 1. The van der Waals surface area contributed by atoms with Crippen LogP contribution in [-0.2, 0) is 6.54 Å². The molecule has 1 aromatic heterocycles. The number of nitrogens with zero attached hydrogens (tertiary/aromatic N) is 1. The Hall–Kier alpha value is -1.13. The summed E-state index contributed by atoms with van der Waals surface area (Å²) in [6, 6.07) is 5.21. The van der Waals surface area contributed by atoms with Crippen LogP contribution in [0.4, 0.5) is 0 Å². The van der Waals surface area contributed by atoms with Crippen LogP contribution in [-0.4, -0.2) is 29.4 Å². The molecule has 0 spiro atoms. The number of hydrogen-bond donors (Lipinski definition) is 2. The maximum Gasteiger partial charge on any atom is 0.250 e. The van der Waals surface area contributed by atoms with Crippen LogP contribution in [0.25, 0.3) is 0 Å². The molecule has 0 fully saturated rings. The van der Waals surface area contributed by atoms with Gasteiger partial charge in [-0.3, -0.25) is 4.79 Å². The molecule has 0 unspecified atom stereocenters. The lowest BCUT2D eigenvalue weighted by Gasteiger charge is -2.06. The highest BCUT2D eigenvalue weighted by molar-refractivity contribution is 4.93. The number of aliphatic hydroxyl groups excluding tert-OH is 1. The van der Waals surface area contributed by atoms with Crippen LogP contribution in [0.5, 0.6) is 0 Å². The molecular weight excluding hydrogens is 216 g/mol. The van der Waals surface area contributed by atoms with Crippen molar-refractivity contribution in [2.24, 2.45) is 0 Å². The van der Waals surface area contributed by atoms with Crippen molar-refractivity contribution >= 4 is 0 Å². The predicted octanol–water partition coefficient (Wildman–Crippen LogP) is 0.991. The Kier molecular flexibility index (Phi) is 7.34. The molecule has 0 amide bonds. The molecule has 2 N–H and O–H groups in total. The molecule has 0 aliphatic heterocycles. The number of aliphatic hydroxyl groups is 1. The molecule has 0 saturated heterocycles. The number of nitrogens with one attached hydrogen (secondary N) is 1. The first-order chi connectivity index (χ1) is 8.34. The van der Waals surface area contributed by atoms with E-state index in [1.807, 2.05) is 12.3 Å². The van der Waals surface area contributed by atoms with E-state index < -0.39 is 0 Å². The van der Waals surface area contributed by atoms with Gasteiger partial charge in [0.15, 0.2) is 0 Å². The third-order valence-electron chi connectivity index (χ3n) is 2.69. The minimum absolute atomic E-state index is 0.0530. The second kappa shape index (κ2) is 8.96. The van der Waals surface area contributed by atoms with E-state index in [9.17, 15) is 4.79 Å². The molecule has 0 aromatic carbocycles. The average Bonchev–Trinajstić information content (AvgIpc) is 2.35. The monoisotopic (exact) mass is 238 g/mol. The summed E-state index contributed by atoms with van der Waals surface area (Å²) in [6.07, 6.45) is 6.09. The van der Waals surface area contributed by atoms with Crippen molar-refractivity contribution in [1.29, 1.82) is 0 Å². The van der Waals surface area contributed by atoms with Gasteiger partial charge < -0.3 is 15.0 Å². The first-order valence-corrected chi connectivity index (χ1v) is 6.31. The first kappa shape index (κ1) is 13.9. The zero-order chi connectivity index (χ0) is 12.3. The van der Waals surface area contributed by atoms with E-state index in [0.717, 1.165) is 45.3 Å². The Bertz CT molecular complexity index is 349. The molecule has 0 aliphatic rings. The summed E-state index contributed by atoms with van der Waals surface area (Å²) >= 11 is 0. The van der Waals surface area contributed by atoms with E-state index in [1.165, 1.54) is 0 Å². The van der Waals surface area contributed by atoms with Crippen molar-refractivity contribution in [3.05, 3.63) is 34.7 Å². The van der Waals surface area contributed by atoms with Gasteiger partial charge in [-0.05, 0) is 25.5 Å². The molecule has 1 heterocycles. The fraction of sp³-hybridized carbons (Fsp3) is 0.615. The van der Waals surface area contributed by atoms with Crippen LogP contribution in [0, 0.1) is 0 Å². The number of hydrogen-bond acceptors (Lipinski definition) is 3. The molecule has 0 atom stereocenters. The second-order valence-corrected chi connectivity index (χ2v) is 4.12. The van der Waals surface area contributed by atoms with Gasteiger partial charge in [0.05, 0.1) is 0 Å². The van der Waals surface area contributed by atoms with Gasteiger partial charge in [-0.2, -0.15) is 0 Å². The molecule has 17 heavy (non-hydrogen) atoms. The number of rotatable bonds is 9. The molecule has 0 bridgehead atoms. The zero-order valence-corrected chi connectivity index (χ0v) is 10.3. The van der Waals surface area contributed by atoms with Crippen LogP contribution < -0.4 is 10.9 Å². The summed E-state index contributed by atoms with van der Waals surface area (Å²) in [5, 5.41) is 11.9. The summed E-state index contributed by atoms with van der Waals surface area (Å²) in [4.78, 5) is 11.4. The Morgan fingerprint density at radius 3 is 2.71 bits per heavy atom. The summed E-state index contributed by atoms with van der Waals surface area (Å²) < 4.78 is 1.71. The molecule has 96 valence electrons. The minimum Gasteiger partial charge on any atom is -0.396 e.